The molecule has 0 saturated heterocycles. The van der Waals surface area contributed by atoms with Crippen LogP contribution in [0.2, 0.25) is 0 Å². The van der Waals surface area contributed by atoms with E-state index in [1.54, 1.807) is 12.1 Å². The third-order valence-electron chi connectivity index (χ3n) is 2.84. The molecule has 0 aromatic heterocycles. The molecule has 1 atom stereocenters. The van der Waals surface area contributed by atoms with Gasteiger partial charge >= 0.3 is 0 Å². The standard InChI is InChI=1S/C13H20F2N2/c1-4-16-12(9-17(3)5-2)10-7-6-8-11(14)13(10)15/h6-8,12,16H,4-5,9H2,1-3H3. The number of nitrogens with zero attached hydrogens (tertiary/aromatic N) is 1. The Hall–Kier alpha value is -1.00. The van der Waals surface area contributed by atoms with Crippen molar-refractivity contribution in [3.05, 3.63) is 35.4 Å². The lowest BCUT2D eigenvalue weighted by Crippen LogP contribution is -2.33. The Kier molecular flexibility index (Phi) is 5.51. The zero-order valence-corrected chi connectivity index (χ0v) is 10.6. The molecule has 0 bridgehead atoms. The molecule has 1 aromatic rings. The fourth-order valence-electron chi connectivity index (χ4n) is 1.75. The van der Waals surface area contributed by atoms with Crippen LogP contribution in [0.5, 0.6) is 0 Å². The Labute approximate surface area is 102 Å². The van der Waals surface area contributed by atoms with Gasteiger partial charge < -0.3 is 10.2 Å². The Morgan fingerprint density at radius 2 is 2.00 bits per heavy atom. The van der Waals surface area contributed by atoms with Gasteiger partial charge in [0, 0.05) is 18.2 Å². The maximum Gasteiger partial charge on any atom is 0.163 e. The van der Waals surface area contributed by atoms with Crippen LogP contribution in [0.3, 0.4) is 0 Å². The summed E-state index contributed by atoms with van der Waals surface area (Å²) in [6, 6.07) is 4.14. The van der Waals surface area contributed by atoms with Gasteiger partial charge in [0.1, 0.15) is 0 Å². The van der Waals surface area contributed by atoms with Gasteiger partial charge in [-0.2, -0.15) is 0 Å². The summed E-state index contributed by atoms with van der Waals surface area (Å²) in [6.45, 7) is 6.24. The van der Waals surface area contributed by atoms with Gasteiger partial charge in [0.05, 0.1) is 0 Å². The number of halogens is 2. The minimum Gasteiger partial charge on any atom is -0.309 e. The van der Waals surface area contributed by atoms with Crippen molar-refractivity contribution in [2.75, 3.05) is 26.7 Å². The van der Waals surface area contributed by atoms with E-state index in [1.807, 2.05) is 20.9 Å². The summed E-state index contributed by atoms with van der Waals surface area (Å²) < 4.78 is 26.9. The number of nitrogens with one attached hydrogen (secondary N) is 1. The van der Waals surface area contributed by atoms with E-state index in [0.29, 0.717) is 12.1 Å². The zero-order chi connectivity index (χ0) is 12.8. The quantitative estimate of drug-likeness (QED) is 0.824. The van der Waals surface area contributed by atoms with E-state index in [-0.39, 0.29) is 6.04 Å². The highest BCUT2D eigenvalue weighted by molar-refractivity contribution is 5.23. The van der Waals surface area contributed by atoms with Crippen LogP contribution < -0.4 is 5.32 Å². The normalized spacial score (nSPS) is 13.1. The summed E-state index contributed by atoms with van der Waals surface area (Å²) >= 11 is 0. The lowest BCUT2D eigenvalue weighted by atomic mass is 10.1. The van der Waals surface area contributed by atoms with Crippen molar-refractivity contribution in [3.63, 3.8) is 0 Å². The van der Waals surface area contributed by atoms with Gasteiger partial charge in [0.25, 0.3) is 0 Å². The molecule has 0 spiro atoms. The molecule has 4 heteroatoms. The lowest BCUT2D eigenvalue weighted by Gasteiger charge is -2.24. The molecule has 0 saturated carbocycles. The van der Waals surface area contributed by atoms with Crippen LogP contribution in [0, 0.1) is 11.6 Å². The van der Waals surface area contributed by atoms with Crippen LogP contribution in [0.15, 0.2) is 18.2 Å². The molecule has 96 valence electrons. The first kappa shape index (κ1) is 14.1. The minimum absolute atomic E-state index is 0.180. The molecule has 1 unspecified atom stereocenters. The van der Waals surface area contributed by atoms with Crippen molar-refractivity contribution in [2.24, 2.45) is 0 Å². The van der Waals surface area contributed by atoms with Gasteiger partial charge in [-0.05, 0) is 26.2 Å². The van der Waals surface area contributed by atoms with Crippen LogP contribution in [-0.4, -0.2) is 31.6 Å². The summed E-state index contributed by atoms with van der Waals surface area (Å²) in [5, 5.41) is 3.18. The molecule has 0 heterocycles. The van der Waals surface area contributed by atoms with Crippen molar-refractivity contribution in [2.45, 2.75) is 19.9 Å². The first-order valence-electron chi connectivity index (χ1n) is 5.96. The summed E-state index contributed by atoms with van der Waals surface area (Å²) in [5.41, 5.74) is 0.396. The second kappa shape index (κ2) is 6.67. The second-order valence-electron chi connectivity index (χ2n) is 4.11. The summed E-state index contributed by atoms with van der Waals surface area (Å²) in [7, 11) is 1.96. The van der Waals surface area contributed by atoms with Crippen molar-refractivity contribution < 1.29 is 8.78 Å². The number of rotatable bonds is 6. The Morgan fingerprint density at radius 1 is 1.29 bits per heavy atom. The third kappa shape index (κ3) is 3.75. The van der Waals surface area contributed by atoms with Crippen LogP contribution >= 0.6 is 0 Å². The topological polar surface area (TPSA) is 15.3 Å². The molecule has 0 aliphatic carbocycles. The Morgan fingerprint density at radius 3 is 2.59 bits per heavy atom. The molecule has 0 amide bonds. The fourth-order valence-corrected chi connectivity index (χ4v) is 1.75. The van der Waals surface area contributed by atoms with E-state index in [9.17, 15) is 8.78 Å². The van der Waals surface area contributed by atoms with E-state index in [0.717, 1.165) is 19.2 Å². The smallest absolute Gasteiger partial charge is 0.163 e. The highest BCUT2D eigenvalue weighted by Gasteiger charge is 2.18. The van der Waals surface area contributed by atoms with Crippen molar-refractivity contribution in [1.82, 2.24) is 10.2 Å². The third-order valence-corrected chi connectivity index (χ3v) is 2.84. The molecule has 1 rings (SSSR count). The average Bonchev–Trinajstić information content (AvgIpc) is 2.32. The minimum atomic E-state index is -0.787. The van der Waals surface area contributed by atoms with E-state index in [4.69, 9.17) is 0 Å². The highest BCUT2D eigenvalue weighted by atomic mass is 19.2. The number of benzene rings is 1. The second-order valence-corrected chi connectivity index (χ2v) is 4.11. The molecular formula is C13H20F2N2. The van der Waals surface area contributed by atoms with E-state index < -0.39 is 11.6 Å². The maximum atomic E-state index is 13.7. The fraction of sp³-hybridized carbons (Fsp3) is 0.538. The van der Waals surface area contributed by atoms with Gasteiger partial charge in [-0.1, -0.05) is 26.0 Å². The van der Waals surface area contributed by atoms with Crippen LogP contribution in [0.4, 0.5) is 8.78 Å². The SMILES string of the molecule is CCNC(CN(C)CC)c1cccc(F)c1F. The maximum absolute atomic E-state index is 13.7. The number of likely N-dealkylation sites (N-methyl/N-ethyl adjacent to an activating group) is 2. The predicted molar refractivity (Wildman–Crippen MR) is 65.9 cm³/mol. The summed E-state index contributed by atoms with van der Waals surface area (Å²) in [4.78, 5) is 2.07. The van der Waals surface area contributed by atoms with Gasteiger partial charge in [0.2, 0.25) is 0 Å². The molecule has 1 N–H and O–H groups in total. The number of hydrogen-bond acceptors (Lipinski definition) is 2. The molecule has 0 fully saturated rings. The van der Waals surface area contributed by atoms with E-state index >= 15 is 0 Å². The van der Waals surface area contributed by atoms with Crippen LogP contribution in [-0.2, 0) is 0 Å². The first-order valence-corrected chi connectivity index (χ1v) is 5.96. The Balaban J connectivity index is 2.92. The molecular weight excluding hydrogens is 222 g/mol. The van der Waals surface area contributed by atoms with E-state index in [2.05, 4.69) is 10.2 Å². The van der Waals surface area contributed by atoms with Gasteiger partial charge in [-0.3, -0.25) is 0 Å². The molecule has 0 aliphatic heterocycles. The first-order chi connectivity index (χ1) is 8.10. The molecule has 17 heavy (non-hydrogen) atoms. The van der Waals surface area contributed by atoms with Gasteiger partial charge in [-0.15, -0.1) is 0 Å². The molecule has 1 aromatic carbocycles. The molecule has 0 radical (unpaired) electrons. The van der Waals surface area contributed by atoms with Crippen LogP contribution in [0.1, 0.15) is 25.5 Å². The molecule has 0 aliphatic rings. The largest absolute Gasteiger partial charge is 0.309 e. The summed E-state index contributed by atoms with van der Waals surface area (Å²) in [6.07, 6.45) is 0. The van der Waals surface area contributed by atoms with Crippen molar-refractivity contribution in [3.8, 4) is 0 Å². The molecule has 2 nitrogen and oxygen atoms in total. The average molecular weight is 242 g/mol. The zero-order valence-electron chi connectivity index (χ0n) is 10.6. The highest BCUT2D eigenvalue weighted by Crippen LogP contribution is 2.20. The Bertz CT molecular complexity index is 355. The lowest BCUT2D eigenvalue weighted by molar-refractivity contribution is 0.300. The number of hydrogen-bond donors (Lipinski definition) is 1. The van der Waals surface area contributed by atoms with Crippen molar-refractivity contribution in [1.29, 1.82) is 0 Å². The van der Waals surface area contributed by atoms with Crippen molar-refractivity contribution >= 4 is 0 Å². The monoisotopic (exact) mass is 242 g/mol. The predicted octanol–water partition coefficient (Wildman–Crippen LogP) is 2.57. The van der Waals surface area contributed by atoms with E-state index in [1.165, 1.54) is 0 Å². The van der Waals surface area contributed by atoms with Crippen LogP contribution in [0.25, 0.3) is 0 Å². The van der Waals surface area contributed by atoms with Gasteiger partial charge in [-0.25, -0.2) is 8.78 Å². The summed E-state index contributed by atoms with van der Waals surface area (Å²) in [5.74, 6) is -1.53. The van der Waals surface area contributed by atoms with Gasteiger partial charge in [0.15, 0.2) is 11.6 Å².